The highest BCUT2D eigenvalue weighted by molar-refractivity contribution is 5.99. The summed E-state index contributed by atoms with van der Waals surface area (Å²) in [6.45, 7) is 3.71. The van der Waals surface area contributed by atoms with Crippen molar-refractivity contribution < 1.29 is 15.0 Å². The lowest BCUT2D eigenvalue weighted by atomic mass is 10.1. The minimum Gasteiger partial charge on any atom is -0.394 e. The number of aliphatic hydroxyl groups is 2. The Balaban J connectivity index is 2.19. The van der Waals surface area contributed by atoms with E-state index in [0.717, 1.165) is 17.1 Å². The molecule has 1 atom stereocenters. The standard InChI is InChI=1S/C18H21N3O3/c1-12-7-17(18(24)10-20-9-16(23)11-22)13(2)21(12)15-5-3-14(8-19)4-6-15/h3-7,16,20,22-23H,9-11H2,1-2H3. The summed E-state index contributed by atoms with van der Waals surface area (Å²) >= 11 is 0. The number of aromatic nitrogens is 1. The highest BCUT2D eigenvalue weighted by Gasteiger charge is 2.16. The number of carbonyl (C=O) groups is 1. The summed E-state index contributed by atoms with van der Waals surface area (Å²) in [5, 5.41) is 29.8. The molecule has 24 heavy (non-hydrogen) atoms. The summed E-state index contributed by atoms with van der Waals surface area (Å²) in [7, 11) is 0. The molecule has 0 aliphatic carbocycles. The first-order chi connectivity index (χ1) is 11.5. The van der Waals surface area contributed by atoms with E-state index in [1.165, 1.54) is 0 Å². The fourth-order valence-corrected chi connectivity index (χ4v) is 2.64. The molecule has 2 rings (SSSR count). The second-order valence-corrected chi connectivity index (χ2v) is 5.67. The molecular formula is C18H21N3O3. The number of aryl methyl sites for hydroxylation is 1. The van der Waals surface area contributed by atoms with Crippen molar-refractivity contribution in [3.05, 3.63) is 52.8 Å². The van der Waals surface area contributed by atoms with Gasteiger partial charge < -0.3 is 20.1 Å². The Labute approximate surface area is 141 Å². The fraction of sp³-hybridized carbons (Fsp3) is 0.333. The summed E-state index contributed by atoms with van der Waals surface area (Å²) < 4.78 is 1.97. The van der Waals surface area contributed by atoms with Gasteiger partial charge >= 0.3 is 0 Å². The molecule has 0 bridgehead atoms. The number of rotatable bonds is 7. The lowest BCUT2D eigenvalue weighted by Gasteiger charge is -2.10. The molecule has 0 saturated carbocycles. The van der Waals surface area contributed by atoms with Gasteiger partial charge in [-0.1, -0.05) is 0 Å². The zero-order valence-electron chi connectivity index (χ0n) is 13.8. The predicted octanol–water partition coefficient (Wildman–Crippen LogP) is 1.09. The molecule has 6 nitrogen and oxygen atoms in total. The maximum Gasteiger partial charge on any atom is 0.178 e. The first-order valence-electron chi connectivity index (χ1n) is 7.70. The van der Waals surface area contributed by atoms with E-state index in [2.05, 4.69) is 11.4 Å². The van der Waals surface area contributed by atoms with Gasteiger partial charge in [0.25, 0.3) is 0 Å². The number of ketones is 1. The molecule has 0 amide bonds. The van der Waals surface area contributed by atoms with E-state index in [4.69, 9.17) is 10.4 Å². The van der Waals surface area contributed by atoms with Crippen molar-refractivity contribution in [1.29, 1.82) is 5.26 Å². The average Bonchev–Trinajstić information content (AvgIpc) is 2.89. The van der Waals surface area contributed by atoms with Gasteiger partial charge in [-0.3, -0.25) is 4.79 Å². The monoisotopic (exact) mass is 327 g/mol. The zero-order chi connectivity index (χ0) is 17.7. The molecule has 0 aliphatic heterocycles. The number of carbonyl (C=O) groups excluding carboxylic acids is 1. The smallest absolute Gasteiger partial charge is 0.178 e. The predicted molar refractivity (Wildman–Crippen MR) is 90.3 cm³/mol. The van der Waals surface area contributed by atoms with Gasteiger partial charge in [-0.25, -0.2) is 0 Å². The number of nitrogens with zero attached hydrogens (tertiary/aromatic N) is 2. The first-order valence-corrected chi connectivity index (χ1v) is 7.70. The van der Waals surface area contributed by atoms with Crippen molar-refractivity contribution in [3.8, 4) is 11.8 Å². The van der Waals surface area contributed by atoms with Gasteiger partial charge in [-0.05, 0) is 44.2 Å². The summed E-state index contributed by atoms with van der Waals surface area (Å²) in [4.78, 5) is 12.4. The van der Waals surface area contributed by atoms with Gasteiger partial charge in [0.1, 0.15) is 0 Å². The van der Waals surface area contributed by atoms with Gasteiger partial charge in [0.15, 0.2) is 5.78 Å². The summed E-state index contributed by atoms with van der Waals surface area (Å²) in [6, 6.07) is 11.1. The van der Waals surface area contributed by atoms with Gasteiger partial charge in [0, 0.05) is 29.2 Å². The summed E-state index contributed by atoms with van der Waals surface area (Å²) in [5.74, 6) is -0.0758. The third-order valence-corrected chi connectivity index (χ3v) is 3.86. The second kappa shape index (κ2) is 7.88. The van der Waals surface area contributed by atoms with Crippen molar-refractivity contribution >= 4 is 5.78 Å². The molecule has 2 aromatic rings. The summed E-state index contributed by atoms with van der Waals surface area (Å²) in [6.07, 6.45) is -0.871. The average molecular weight is 327 g/mol. The normalized spacial score (nSPS) is 12.0. The molecule has 0 fully saturated rings. The lowest BCUT2D eigenvalue weighted by Crippen LogP contribution is -2.33. The molecular weight excluding hydrogens is 306 g/mol. The second-order valence-electron chi connectivity index (χ2n) is 5.67. The van der Waals surface area contributed by atoms with Crippen LogP contribution >= 0.6 is 0 Å². The van der Waals surface area contributed by atoms with E-state index in [-0.39, 0.29) is 25.5 Å². The van der Waals surface area contributed by atoms with E-state index in [1.807, 2.05) is 36.6 Å². The molecule has 126 valence electrons. The van der Waals surface area contributed by atoms with E-state index >= 15 is 0 Å². The minimum absolute atomic E-state index is 0.0758. The van der Waals surface area contributed by atoms with Crippen molar-refractivity contribution in [1.82, 2.24) is 9.88 Å². The molecule has 0 radical (unpaired) electrons. The Morgan fingerprint density at radius 2 is 2.00 bits per heavy atom. The van der Waals surface area contributed by atoms with Crippen LogP contribution in [-0.4, -0.2) is 46.4 Å². The van der Waals surface area contributed by atoms with E-state index in [1.54, 1.807) is 12.1 Å². The Morgan fingerprint density at radius 3 is 2.58 bits per heavy atom. The highest BCUT2D eigenvalue weighted by Crippen LogP contribution is 2.21. The van der Waals surface area contributed by atoms with Gasteiger partial charge in [-0.15, -0.1) is 0 Å². The lowest BCUT2D eigenvalue weighted by molar-refractivity contribution is 0.0894. The largest absolute Gasteiger partial charge is 0.394 e. The van der Waals surface area contributed by atoms with Crippen LogP contribution < -0.4 is 5.32 Å². The van der Waals surface area contributed by atoms with Crippen LogP contribution in [0, 0.1) is 25.2 Å². The molecule has 6 heteroatoms. The van der Waals surface area contributed by atoms with Crippen molar-refractivity contribution in [3.63, 3.8) is 0 Å². The summed E-state index contributed by atoms with van der Waals surface area (Å²) in [5.41, 5.74) is 3.85. The van der Waals surface area contributed by atoms with Crippen LogP contribution in [0.4, 0.5) is 0 Å². The first kappa shape index (κ1) is 17.9. The van der Waals surface area contributed by atoms with Crippen molar-refractivity contribution in [2.45, 2.75) is 20.0 Å². The number of nitriles is 1. The van der Waals surface area contributed by atoms with Crippen LogP contribution in [-0.2, 0) is 0 Å². The van der Waals surface area contributed by atoms with Crippen LogP contribution in [0.5, 0.6) is 0 Å². The van der Waals surface area contributed by atoms with Crippen LogP contribution in [0.15, 0.2) is 30.3 Å². The molecule has 1 aromatic carbocycles. The molecule has 0 saturated heterocycles. The Bertz CT molecular complexity index is 757. The van der Waals surface area contributed by atoms with Crippen LogP contribution in [0.3, 0.4) is 0 Å². The van der Waals surface area contributed by atoms with Crippen LogP contribution in [0.25, 0.3) is 5.69 Å². The fourth-order valence-electron chi connectivity index (χ4n) is 2.64. The third-order valence-electron chi connectivity index (χ3n) is 3.86. The number of nitrogens with one attached hydrogen (secondary N) is 1. The van der Waals surface area contributed by atoms with Crippen LogP contribution in [0.1, 0.15) is 27.3 Å². The SMILES string of the molecule is Cc1cc(C(=O)CNCC(O)CO)c(C)n1-c1ccc(C#N)cc1. The number of Topliss-reactive ketones (excluding diaryl/α,β-unsaturated/α-hetero) is 1. The molecule has 1 heterocycles. The maximum absolute atomic E-state index is 12.4. The van der Waals surface area contributed by atoms with Gasteiger partial charge in [-0.2, -0.15) is 5.26 Å². The molecule has 3 N–H and O–H groups in total. The third kappa shape index (κ3) is 3.89. The Hall–Kier alpha value is -2.46. The molecule has 1 aromatic heterocycles. The van der Waals surface area contributed by atoms with E-state index in [0.29, 0.717) is 11.1 Å². The minimum atomic E-state index is -0.871. The van der Waals surface area contributed by atoms with Crippen LogP contribution in [0.2, 0.25) is 0 Å². The van der Waals surface area contributed by atoms with Crippen molar-refractivity contribution in [2.75, 3.05) is 19.7 Å². The van der Waals surface area contributed by atoms with Gasteiger partial charge in [0.05, 0.1) is 30.9 Å². The maximum atomic E-state index is 12.4. The molecule has 1 unspecified atom stereocenters. The van der Waals surface area contributed by atoms with Crippen molar-refractivity contribution in [2.24, 2.45) is 0 Å². The molecule has 0 aliphatic rings. The highest BCUT2D eigenvalue weighted by atomic mass is 16.3. The number of hydrogen-bond acceptors (Lipinski definition) is 5. The van der Waals surface area contributed by atoms with E-state index < -0.39 is 6.10 Å². The number of hydrogen-bond donors (Lipinski definition) is 3. The number of aliphatic hydroxyl groups excluding tert-OH is 2. The topological polar surface area (TPSA) is 98.3 Å². The van der Waals surface area contributed by atoms with E-state index in [9.17, 15) is 9.90 Å². The number of benzene rings is 1. The Kier molecular flexibility index (Phi) is 5.88. The Morgan fingerprint density at radius 1 is 1.33 bits per heavy atom. The molecule has 0 spiro atoms. The quantitative estimate of drug-likeness (QED) is 0.661. The zero-order valence-corrected chi connectivity index (χ0v) is 13.8. The van der Waals surface area contributed by atoms with Gasteiger partial charge in [0.2, 0.25) is 0 Å².